The summed E-state index contributed by atoms with van der Waals surface area (Å²) in [6.45, 7) is 2.38. The van der Waals surface area contributed by atoms with Crippen LogP contribution in [0.2, 0.25) is 0 Å². The predicted octanol–water partition coefficient (Wildman–Crippen LogP) is 4.23. The molecule has 0 saturated carbocycles. The van der Waals surface area contributed by atoms with Crippen LogP contribution in [0.15, 0.2) is 53.4 Å². The predicted molar refractivity (Wildman–Crippen MR) is 187 cm³/mol. The molecule has 4 aromatic rings. The minimum atomic E-state index is -0.467. The third-order valence-electron chi connectivity index (χ3n) is 9.47. The monoisotopic (exact) mass is 702 g/mol. The highest BCUT2D eigenvalue weighted by Gasteiger charge is 2.29. The van der Waals surface area contributed by atoms with E-state index in [2.05, 4.69) is 15.2 Å². The van der Waals surface area contributed by atoms with Crippen molar-refractivity contribution in [1.82, 2.24) is 25.1 Å². The number of hydrogen-bond donors (Lipinski definition) is 1. The fourth-order valence-electron chi connectivity index (χ4n) is 6.87. The maximum atomic E-state index is 14.4. The zero-order chi connectivity index (χ0) is 35.9. The van der Waals surface area contributed by atoms with Crippen molar-refractivity contribution in [2.75, 3.05) is 65.5 Å². The van der Waals surface area contributed by atoms with Crippen molar-refractivity contribution in [3.63, 3.8) is 0 Å². The summed E-state index contributed by atoms with van der Waals surface area (Å²) in [4.78, 5) is 55.1. The molecule has 1 atom stereocenters. The van der Waals surface area contributed by atoms with E-state index < -0.39 is 5.82 Å². The number of nitrogens with one attached hydrogen (secondary N) is 1. The molecule has 1 fully saturated rings. The first-order chi connectivity index (χ1) is 24.8. The molecule has 1 saturated heterocycles. The number of rotatable bonds is 6. The summed E-state index contributed by atoms with van der Waals surface area (Å²) in [5, 5.41) is 3.74. The van der Waals surface area contributed by atoms with Crippen molar-refractivity contribution in [2.24, 2.45) is 5.92 Å². The normalized spacial score (nSPS) is 17.5. The molecule has 2 aromatic carbocycles. The Hall–Kier alpha value is -5.40. The van der Waals surface area contributed by atoms with Gasteiger partial charge in [0.05, 0.1) is 46.0 Å². The number of amides is 3. The molecular formula is C37H43FN6O7. The van der Waals surface area contributed by atoms with Gasteiger partial charge in [-0.3, -0.25) is 14.4 Å². The molecule has 0 radical (unpaired) electrons. The molecule has 6 rings (SSSR count). The van der Waals surface area contributed by atoms with Gasteiger partial charge in [-0.25, -0.2) is 14.4 Å². The van der Waals surface area contributed by atoms with E-state index in [-0.39, 0.29) is 61.0 Å². The smallest absolute Gasteiger partial charge is 0.291 e. The van der Waals surface area contributed by atoms with Crippen molar-refractivity contribution in [3.05, 3.63) is 71.7 Å². The summed E-state index contributed by atoms with van der Waals surface area (Å²) in [6, 6.07) is 9.94. The number of halogens is 1. The standard InChI is InChI=1S/C37H43FN6O7/c1-48-30-17-29-27(34(49-2)35(30)50-3)15-26-21-44(37(47)31-19-39-23-51-31)13-7-6-12-42(33(46)16-25-10-4-5-11-28(25)38)22-32(45)40-18-24-9-8-14-43(20-24)36(26)41-29/h4-5,10-11,15,17,19,23-24H,6-9,12-14,16,18,20-22H2,1-3H3,(H,40,45). The fourth-order valence-corrected chi connectivity index (χ4v) is 6.87. The van der Waals surface area contributed by atoms with Crippen molar-refractivity contribution >= 4 is 34.4 Å². The van der Waals surface area contributed by atoms with E-state index in [1.54, 1.807) is 44.4 Å². The molecule has 0 aliphatic carbocycles. The van der Waals surface area contributed by atoms with Crippen LogP contribution in [0.3, 0.4) is 0 Å². The van der Waals surface area contributed by atoms with E-state index in [0.29, 0.717) is 60.6 Å². The van der Waals surface area contributed by atoms with Crippen LogP contribution in [0.25, 0.3) is 10.9 Å². The van der Waals surface area contributed by atoms with E-state index in [1.165, 1.54) is 23.6 Å². The first kappa shape index (κ1) is 35.4. The second kappa shape index (κ2) is 16.1. The van der Waals surface area contributed by atoms with Crippen LogP contribution in [-0.4, -0.2) is 98.1 Å². The minimum Gasteiger partial charge on any atom is -0.493 e. The lowest BCUT2D eigenvalue weighted by molar-refractivity contribution is -0.135. The van der Waals surface area contributed by atoms with Crippen LogP contribution < -0.4 is 24.4 Å². The van der Waals surface area contributed by atoms with Gasteiger partial charge in [-0.05, 0) is 49.3 Å². The Kier molecular flexibility index (Phi) is 11.2. The summed E-state index contributed by atoms with van der Waals surface area (Å²) in [5.74, 6) is 0.861. The number of carbonyl (C=O) groups excluding carboxylic acids is 3. The number of methoxy groups -OCH3 is 3. The quantitative estimate of drug-likeness (QED) is 0.311. The van der Waals surface area contributed by atoms with Crippen molar-refractivity contribution in [2.45, 2.75) is 38.6 Å². The average molecular weight is 703 g/mol. The van der Waals surface area contributed by atoms with E-state index in [0.717, 1.165) is 30.8 Å². The van der Waals surface area contributed by atoms with Crippen molar-refractivity contribution < 1.29 is 37.4 Å². The Morgan fingerprint density at radius 1 is 0.980 bits per heavy atom. The van der Waals surface area contributed by atoms with Gasteiger partial charge in [-0.2, -0.15) is 0 Å². The SMILES string of the molecule is COc1cc2nc3c(cc2c(OC)c1OC)CN(C(=O)c1cnco1)CCCCN(C(=O)Cc1ccccc1F)CC(=O)NCC1CCCN3C1. The number of pyridine rings is 1. The number of oxazole rings is 1. The summed E-state index contributed by atoms with van der Waals surface area (Å²) in [6.07, 6.45) is 5.19. The molecule has 3 amide bonds. The summed E-state index contributed by atoms with van der Waals surface area (Å²) in [5.41, 5.74) is 1.70. The summed E-state index contributed by atoms with van der Waals surface area (Å²) in [7, 11) is 4.66. The first-order valence-electron chi connectivity index (χ1n) is 17.1. The van der Waals surface area contributed by atoms with Crippen molar-refractivity contribution in [1.29, 1.82) is 0 Å². The fraction of sp³-hybridized carbons (Fsp3) is 0.432. The zero-order valence-corrected chi connectivity index (χ0v) is 29.2. The molecule has 270 valence electrons. The topological polar surface area (TPSA) is 140 Å². The number of benzene rings is 2. The van der Waals surface area contributed by atoms with Gasteiger partial charge in [0.15, 0.2) is 17.9 Å². The number of piperidine rings is 1. The molecule has 14 heteroatoms. The van der Waals surface area contributed by atoms with E-state index >= 15 is 0 Å². The number of aromatic nitrogens is 2. The molecule has 0 spiro atoms. The second-order valence-corrected chi connectivity index (χ2v) is 12.8. The highest BCUT2D eigenvalue weighted by atomic mass is 19.1. The Labute approximate surface area is 295 Å². The number of fused-ring (bicyclic) bond motifs is 5. The molecular weight excluding hydrogens is 659 g/mol. The Morgan fingerprint density at radius 3 is 2.49 bits per heavy atom. The Balaban J connectivity index is 1.37. The second-order valence-electron chi connectivity index (χ2n) is 12.8. The van der Waals surface area contributed by atoms with Crippen LogP contribution in [-0.2, 0) is 22.6 Å². The van der Waals surface area contributed by atoms with Crippen LogP contribution in [0.5, 0.6) is 17.2 Å². The van der Waals surface area contributed by atoms with E-state index in [9.17, 15) is 18.8 Å². The van der Waals surface area contributed by atoms with E-state index in [4.69, 9.17) is 23.6 Å². The lowest BCUT2D eigenvalue weighted by Gasteiger charge is -2.36. The third-order valence-corrected chi connectivity index (χ3v) is 9.47. The van der Waals surface area contributed by atoms with Crippen LogP contribution in [0.1, 0.15) is 47.4 Å². The largest absolute Gasteiger partial charge is 0.493 e. The first-order valence-corrected chi connectivity index (χ1v) is 17.1. The van der Waals surface area contributed by atoms with Crippen molar-refractivity contribution in [3.8, 4) is 17.2 Å². The Bertz CT molecular complexity index is 1870. The molecule has 2 bridgehead atoms. The van der Waals surface area contributed by atoms with Gasteiger partial charge in [0, 0.05) is 56.3 Å². The van der Waals surface area contributed by atoms with Gasteiger partial charge in [0.25, 0.3) is 5.91 Å². The highest BCUT2D eigenvalue weighted by molar-refractivity contribution is 5.93. The zero-order valence-electron chi connectivity index (χ0n) is 29.2. The lowest BCUT2D eigenvalue weighted by Crippen LogP contribution is -2.46. The van der Waals surface area contributed by atoms with Crippen LogP contribution in [0, 0.1) is 11.7 Å². The molecule has 2 aliphatic heterocycles. The number of carbonyl (C=O) groups is 3. The maximum absolute atomic E-state index is 14.4. The lowest BCUT2D eigenvalue weighted by atomic mass is 9.97. The molecule has 2 aromatic heterocycles. The molecule has 2 aliphatic rings. The molecule has 1 N–H and O–H groups in total. The van der Waals surface area contributed by atoms with Gasteiger partial charge in [-0.1, -0.05) is 18.2 Å². The number of anilines is 1. The average Bonchev–Trinajstić information content (AvgIpc) is 3.69. The van der Waals surface area contributed by atoms with Crippen LogP contribution >= 0.6 is 0 Å². The molecule has 4 heterocycles. The van der Waals surface area contributed by atoms with Gasteiger partial charge >= 0.3 is 0 Å². The summed E-state index contributed by atoms with van der Waals surface area (Å²) < 4.78 is 37.0. The molecule has 1 unspecified atom stereocenters. The third kappa shape index (κ3) is 8.00. The Morgan fingerprint density at radius 2 is 1.76 bits per heavy atom. The van der Waals surface area contributed by atoms with Gasteiger partial charge < -0.3 is 38.6 Å². The molecule has 51 heavy (non-hydrogen) atoms. The number of hydrogen-bond acceptors (Lipinski definition) is 10. The number of ether oxygens (including phenoxy) is 3. The summed E-state index contributed by atoms with van der Waals surface area (Å²) >= 11 is 0. The van der Waals surface area contributed by atoms with Gasteiger partial charge in [0.1, 0.15) is 11.6 Å². The minimum absolute atomic E-state index is 0.0973. The van der Waals surface area contributed by atoms with E-state index in [1.807, 2.05) is 12.1 Å². The van der Waals surface area contributed by atoms with Crippen LogP contribution in [0.4, 0.5) is 10.2 Å². The van der Waals surface area contributed by atoms with Gasteiger partial charge in [0.2, 0.25) is 23.3 Å². The highest BCUT2D eigenvalue weighted by Crippen LogP contribution is 2.44. The molecule has 13 nitrogen and oxygen atoms in total. The number of nitrogens with zero attached hydrogens (tertiary/aromatic N) is 5. The maximum Gasteiger partial charge on any atom is 0.291 e. The van der Waals surface area contributed by atoms with Gasteiger partial charge in [-0.15, -0.1) is 0 Å².